The van der Waals surface area contributed by atoms with E-state index in [1.165, 1.54) is 43.4 Å². The summed E-state index contributed by atoms with van der Waals surface area (Å²) in [4.78, 5) is 0. The van der Waals surface area contributed by atoms with Crippen LogP contribution in [0.1, 0.15) is 42.9 Å². The van der Waals surface area contributed by atoms with Crippen LogP contribution in [-0.4, -0.2) is 17.0 Å². The number of thioether (sulfide) groups is 1. The lowest BCUT2D eigenvalue weighted by molar-refractivity contribution is 0.537. The summed E-state index contributed by atoms with van der Waals surface area (Å²) in [6.45, 7) is 4.58. The van der Waals surface area contributed by atoms with Gasteiger partial charge in [0.15, 0.2) is 0 Å². The molecule has 0 saturated carbocycles. The Morgan fingerprint density at radius 2 is 2.11 bits per heavy atom. The maximum Gasteiger partial charge on any atom is 0.0256 e. The van der Waals surface area contributed by atoms with E-state index in [9.17, 15) is 0 Å². The zero-order chi connectivity index (χ0) is 12.4. The molecule has 98 valence electrons. The van der Waals surface area contributed by atoms with Crippen molar-refractivity contribution in [3.8, 4) is 0 Å². The van der Waals surface area contributed by atoms with Crippen molar-refractivity contribution in [2.45, 2.75) is 50.3 Å². The van der Waals surface area contributed by atoms with E-state index < -0.39 is 0 Å². The summed E-state index contributed by atoms with van der Waals surface area (Å²) < 4.78 is 0.483. The minimum absolute atomic E-state index is 0.483. The molecule has 1 unspecified atom stereocenters. The van der Waals surface area contributed by atoms with Crippen LogP contribution in [0.3, 0.4) is 0 Å². The normalized spacial score (nSPS) is 26.5. The van der Waals surface area contributed by atoms with Gasteiger partial charge in [0.05, 0.1) is 0 Å². The molecule has 0 radical (unpaired) electrons. The van der Waals surface area contributed by atoms with Crippen LogP contribution in [0.25, 0.3) is 0 Å². The molecule has 2 heteroatoms. The average molecular weight is 261 g/mol. The monoisotopic (exact) mass is 261 g/mol. The van der Waals surface area contributed by atoms with Crippen LogP contribution in [-0.2, 0) is 19.4 Å². The third-order valence-electron chi connectivity index (χ3n) is 4.29. The van der Waals surface area contributed by atoms with Gasteiger partial charge < -0.3 is 5.32 Å². The summed E-state index contributed by atoms with van der Waals surface area (Å²) in [5, 5.41) is 3.65. The molecule has 1 fully saturated rings. The van der Waals surface area contributed by atoms with E-state index in [1.807, 2.05) is 0 Å². The van der Waals surface area contributed by atoms with Gasteiger partial charge in [0.25, 0.3) is 0 Å². The summed E-state index contributed by atoms with van der Waals surface area (Å²) in [6, 6.07) is 7.06. The van der Waals surface area contributed by atoms with E-state index in [2.05, 4.69) is 42.2 Å². The van der Waals surface area contributed by atoms with Gasteiger partial charge in [-0.1, -0.05) is 18.2 Å². The second-order valence-electron chi connectivity index (χ2n) is 5.96. The van der Waals surface area contributed by atoms with Gasteiger partial charge in [0.2, 0.25) is 0 Å². The maximum absolute atomic E-state index is 3.65. The summed E-state index contributed by atoms with van der Waals surface area (Å²) in [5.41, 5.74) is 4.63. The Balaban J connectivity index is 1.54. The van der Waals surface area contributed by atoms with Crippen molar-refractivity contribution in [3.05, 3.63) is 34.9 Å². The second-order valence-corrected chi connectivity index (χ2v) is 7.64. The number of hydrogen-bond donors (Lipinski definition) is 1. The molecule has 1 aliphatic carbocycles. The summed E-state index contributed by atoms with van der Waals surface area (Å²) >= 11 is 2.14. The summed E-state index contributed by atoms with van der Waals surface area (Å²) in [6.07, 6.45) is 6.69. The fourth-order valence-corrected chi connectivity index (χ4v) is 4.46. The number of benzene rings is 1. The molecule has 1 heterocycles. The lowest BCUT2D eigenvalue weighted by atomic mass is 10.0. The minimum Gasteiger partial charge on any atom is -0.311 e. The predicted octanol–water partition coefficient (Wildman–Crippen LogP) is 3.55. The third kappa shape index (κ3) is 2.75. The maximum atomic E-state index is 3.65. The van der Waals surface area contributed by atoms with Crippen LogP contribution in [0.2, 0.25) is 0 Å². The van der Waals surface area contributed by atoms with Crippen molar-refractivity contribution < 1.29 is 0 Å². The van der Waals surface area contributed by atoms with Gasteiger partial charge in [-0.05, 0) is 61.5 Å². The van der Waals surface area contributed by atoms with Crippen LogP contribution in [0, 0.1) is 0 Å². The molecular formula is C16H23NS. The largest absolute Gasteiger partial charge is 0.311 e. The zero-order valence-electron chi connectivity index (χ0n) is 11.3. The van der Waals surface area contributed by atoms with Crippen LogP contribution in [0.5, 0.6) is 0 Å². The Bertz CT molecular complexity index is 421. The van der Waals surface area contributed by atoms with Crippen LogP contribution in [0.4, 0.5) is 0 Å². The first-order valence-electron chi connectivity index (χ1n) is 7.21. The lowest BCUT2D eigenvalue weighted by Crippen LogP contribution is -2.32. The van der Waals surface area contributed by atoms with Gasteiger partial charge in [-0.3, -0.25) is 0 Å². The molecular weight excluding hydrogens is 238 g/mol. The highest BCUT2D eigenvalue weighted by Gasteiger charge is 2.28. The molecule has 1 aromatic rings. The Morgan fingerprint density at radius 3 is 2.94 bits per heavy atom. The molecule has 2 aliphatic rings. The Labute approximate surface area is 115 Å². The highest BCUT2D eigenvalue weighted by Crippen LogP contribution is 2.37. The first kappa shape index (κ1) is 12.6. The molecule has 1 aromatic carbocycles. The Morgan fingerprint density at radius 1 is 1.22 bits per heavy atom. The first-order chi connectivity index (χ1) is 8.75. The van der Waals surface area contributed by atoms with E-state index in [0.29, 0.717) is 4.75 Å². The van der Waals surface area contributed by atoms with Crippen molar-refractivity contribution in [2.75, 3.05) is 12.3 Å². The molecule has 0 spiro atoms. The molecule has 18 heavy (non-hydrogen) atoms. The van der Waals surface area contributed by atoms with Gasteiger partial charge in [-0.15, -0.1) is 0 Å². The van der Waals surface area contributed by atoms with E-state index in [1.54, 1.807) is 11.1 Å². The fraction of sp³-hybridized carbons (Fsp3) is 0.625. The SMILES string of the molecule is CC1(CNCc2ccc3c(c2)CCC3)CCCS1. The topological polar surface area (TPSA) is 12.0 Å². The van der Waals surface area contributed by atoms with Crippen LogP contribution < -0.4 is 5.32 Å². The zero-order valence-corrected chi connectivity index (χ0v) is 12.1. The molecule has 0 amide bonds. The van der Waals surface area contributed by atoms with Gasteiger partial charge in [0.1, 0.15) is 0 Å². The molecule has 1 N–H and O–H groups in total. The molecule has 1 nitrogen and oxygen atoms in total. The molecule has 0 aromatic heterocycles. The Kier molecular flexibility index (Phi) is 3.67. The van der Waals surface area contributed by atoms with Gasteiger partial charge in [-0.25, -0.2) is 0 Å². The first-order valence-corrected chi connectivity index (χ1v) is 8.19. The van der Waals surface area contributed by atoms with Crippen LogP contribution in [0.15, 0.2) is 18.2 Å². The van der Waals surface area contributed by atoms with Gasteiger partial charge in [-0.2, -0.15) is 11.8 Å². The Hall–Kier alpha value is -0.470. The van der Waals surface area contributed by atoms with Gasteiger partial charge in [0, 0.05) is 17.8 Å². The highest BCUT2D eigenvalue weighted by molar-refractivity contribution is 8.00. The highest BCUT2D eigenvalue weighted by atomic mass is 32.2. The predicted molar refractivity (Wildman–Crippen MR) is 80.3 cm³/mol. The number of hydrogen-bond acceptors (Lipinski definition) is 2. The second kappa shape index (κ2) is 5.26. The lowest BCUT2D eigenvalue weighted by Gasteiger charge is -2.23. The van der Waals surface area contributed by atoms with Crippen LogP contribution >= 0.6 is 11.8 Å². The smallest absolute Gasteiger partial charge is 0.0256 e. The standard InChI is InChI=1S/C16H23NS/c1-16(8-3-9-18-16)12-17-11-13-6-7-14-4-2-5-15(14)10-13/h6-7,10,17H,2-5,8-9,11-12H2,1H3. The van der Waals surface area contributed by atoms with Crippen molar-refractivity contribution in [1.29, 1.82) is 0 Å². The average Bonchev–Trinajstić information content (AvgIpc) is 2.97. The van der Waals surface area contributed by atoms with E-state index in [4.69, 9.17) is 0 Å². The molecule has 3 rings (SSSR count). The van der Waals surface area contributed by atoms with Crippen molar-refractivity contribution in [2.24, 2.45) is 0 Å². The van der Waals surface area contributed by atoms with Crippen molar-refractivity contribution in [1.82, 2.24) is 5.32 Å². The van der Waals surface area contributed by atoms with E-state index in [-0.39, 0.29) is 0 Å². The molecule has 1 saturated heterocycles. The van der Waals surface area contributed by atoms with Crippen molar-refractivity contribution in [3.63, 3.8) is 0 Å². The summed E-state index contributed by atoms with van der Waals surface area (Å²) in [7, 11) is 0. The van der Waals surface area contributed by atoms with Gasteiger partial charge >= 0.3 is 0 Å². The number of rotatable bonds is 4. The number of fused-ring (bicyclic) bond motifs is 1. The third-order valence-corrected chi connectivity index (χ3v) is 5.83. The van der Waals surface area contributed by atoms with E-state index >= 15 is 0 Å². The van der Waals surface area contributed by atoms with E-state index in [0.717, 1.165) is 13.1 Å². The molecule has 1 atom stereocenters. The molecule has 0 bridgehead atoms. The minimum atomic E-state index is 0.483. The fourth-order valence-electron chi connectivity index (χ4n) is 3.18. The molecule has 1 aliphatic heterocycles. The van der Waals surface area contributed by atoms with Crippen molar-refractivity contribution >= 4 is 11.8 Å². The number of nitrogens with one attached hydrogen (secondary N) is 1. The quantitative estimate of drug-likeness (QED) is 0.889. The summed E-state index contributed by atoms with van der Waals surface area (Å²) in [5.74, 6) is 1.34. The number of aryl methyl sites for hydroxylation is 2.